The molecule has 0 aliphatic carbocycles. The van der Waals surface area contributed by atoms with E-state index in [2.05, 4.69) is 54.5 Å². The molecule has 0 saturated carbocycles. The zero-order valence-corrected chi connectivity index (χ0v) is 8.75. The highest BCUT2D eigenvalue weighted by Crippen LogP contribution is 2.27. The monoisotopic (exact) mass is 188 g/mol. The third-order valence-electron chi connectivity index (χ3n) is 2.50. The number of benzene rings is 1. The Morgan fingerprint density at radius 3 is 3.07 bits per heavy atom. The van der Waals surface area contributed by atoms with Gasteiger partial charge >= 0.3 is 0 Å². The summed E-state index contributed by atoms with van der Waals surface area (Å²) < 4.78 is 0. The average Bonchev–Trinajstić information content (AvgIpc) is 2.18. The van der Waals surface area contributed by atoms with Crippen LogP contribution in [0.4, 0.5) is 11.4 Å². The topological polar surface area (TPSA) is 15.3 Å². The highest BCUT2D eigenvalue weighted by molar-refractivity contribution is 5.74. The van der Waals surface area contributed by atoms with Gasteiger partial charge in [0, 0.05) is 31.5 Å². The van der Waals surface area contributed by atoms with E-state index in [1.165, 1.54) is 16.9 Å². The Bertz CT molecular complexity index is 355. The molecular weight excluding hydrogens is 172 g/mol. The van der Waals surface area contributed by atoms with Crippen molar-refractivity contribution in [2.24, 2.45) is 0 Å². The summed E-state index contributed by atoms with van der Waals surface area (Å²) in [6.07, 6.45) is 4.38. The van der Waals surface area contributed by atoms with E-state index in [0.717, 1.165) is 13.1 Å². The first-order chi connectivity index (χ1) is 6.81. The Morgan fingerprint density at radius 2 is 2.29 bits per heavy atom. The minimum Gasteiger partial charge on any atom is -0.385 e. The predicted molar refractivity (Wildman–Crippen MR) is 62.9 cm³/mol. The van der Waals surface area contributed by atoms with Crippen molar-refractivity contribution < 1.29 is 0 Å². The van der Waals surface area contributed by atoms with Crippen molar-refractivity contribution in [2.75, 3.05) is 30.4 Å². The highest BCUT2D eigenvalue weighted by atomic mass is 15.1. The standard InChI is InChI=1S/C12H16N2/c1-3-13-11-6-7-12-10(9-11)5-4-8-14(12)2/h4-7,9,13H,3,8H2,1-2H3. The summed E-state index contributed by atoms with van der Waals surface area (Å²) in [6, 6.07) is 6.51. The van der Waals surface area contributed by atoms with Crippen LogP contribution in [-0.4, -0.2) is 20.1 Å². The molecule has 14 heavy (non-hydrogen) atoms. The second kappa shape index (κ2) is 3.74. The number of hydrogen-bond acceptors (Lipinski definition) is 2. The number of likely N-dealkylation sites (N-methyl/N-ethyl adjacent to an activating group) is 1. The van der Waals surface area contributed by atoms with E-state index in [-0.39, 0.29) is 0 Å². The van der Waals surface area contributed by atoms with Crippen molar-refractivity contribution in [2.45, 2.75) is 6.92 Å². The fraction of sp³-hybridized carbons (Fsp3) is 0.333. The van der Waals surface area contributed by atoms with Gasteiger partial charge in [-0.25, -0.2) is 0 Å². The number of nitrogens with one attached hydrogen (secondary N) is 1. The van der Waals surface area contributed by atoms with Gasteiger partial charge in [0.2, 0.25) is 0 Å². The van der Waals surface area contributed by atoms with Gasteiger partial charge in [-0.15, -0.1) is 0 Å². The first-order valence-electron chi connectivity index (χ1n) is 5.07. The van der Waals surface area contributed by atoms with E-state index in [1.54, 1.807) is 0 Å². The van der Waals surface area contributed by atoms with Crippen LogP contribution in [0.5, 0.6) is 0 Å². The summed E-state index contributed by atoms with van der Waals surface area (Å²) in [5, 5.41) is 3.32. The van der Waals surface area contributed by atoms with E-state index < -0.39 is 0 Å². The smallest absolute Gasteiger partial charge is 0.0441 e. The van der Waals surface area contributed by atoms with Crippen LogP contribution in [0.25, 0.3) is 6.08 Å². The molecule has 2 nitrogen and oxygen atoms in total. The van der Waals surface area contributed by atoms with Crippen LogP contribution in [0.1, 0.15) is 12.5 Å². The first kappa shape index (κ1) is 9.13. The molecule has 0 saturated heterocycles. The highest BCUT2D eigenvalue weighted by Gasteiger charge is 2.08. The van der Waals surface area contributed by atoms with Crippen LogP contribution < -0.4 is 10.2 Å². The van der Waals surface area contributed by atoms with Crippen LogP contribution in [0, 0.1) is 0 Å². The van der Waals surface area contributed by atoms with E-state index >= 15 is 0 Å². The number of nitrogens with zero attached hydrogens (tertiary/aromatic N) is 1. The molecule has 0 spiro atoms. The Hall–Kier alpha value is -1.44. The first-order valence-corrected chi connectivity index (χ1v) is 5.07. The molecule has 0 atom stereocenters. The maximum absolute atomic E-state index is 3.32. The van der Waals surface area contributed by atoms with Crippen molar-refractivity contribution in [1.29, 1.82) is 0 Å². The third kappa shape index (κ3) is 1.60. The summed E-state index contributed by atoms with van der Waals surface area (Å²) in [7, 11) is 2.12. The maximum Gasteiger partial charge on any atom is 0.0441 e. The second-order valence-electron chi connectivity index (χ2n) is 3.59. The van der Waals surface area contributed by atoms with Crippen molar-refractivity contribution in [3.63, 3.8) is 0 Å². The molecule has 74 valence electrons. The quantitative estimate of drug-likeness (QED) is 0.767. The minimum atomic E-state index is 0.971. The zero-order chi connectivity index (χ0) is 9.97. The molecule has 0 unspecified atom stereocenters. The molecule has 0 radical (unpaired) electrons. The van der Waals surface area contributed by atoms with Gasteiger partial charge in [-0.2, -0.15) is 0 Å². The van der Waals surface area contributed by atoms with Crippen molar-refractivity contribution >= 4 is 17.5 Å². The molecule has 0 aromatic heterocycles. The van der Waals surface area contributed by atoms with Gasteiger partial charge in [0.1, 0.15) is 0 Å². The Balaban J connectivity index is 2.35. The molecular formula is C12H16N2. The molecule has 0 fully saturated rings. The molecule has 1 aromatic carbocycles. The van der Waals surface area contributed by atoms with Crippen molar-refractivity contribution in [1.82, 2.24) is 0 Å². The van der Waals surface area contributed by atoms with Gasteiger partial charge in [0.05, 0.1) is 0 Å². The summed E-state index contributed by atoms with van der Waals surface area (Å²) in [5.74, 6) is 0. The molecule has 1 aliphatic rings. The summed E-state index contributed by atoms with van der Waals surface area (Å²) in [6.45, 7) is 4.09. The molecule has 2 rings (SSSR count). The van der Waals surface area contributed by atoms with Crippen molar-refractivity contribution in [3.05, 3.63) is 29.8 Å². The van der Waals surface area contributed by atoms with Crippen LogP contribution >= 0.6 is 0 Å². The van der Waals surface area contributed by atoms with E-state index in [9.17, 15) is 0 Å². The lowest BCUT2D eigenvalue weighted by Crippen LogP contribution is -2.20. The number of fused-ring (bicyclic) bond motifs is 1. The fourth-order valence-electron chi connectivity index (χ4n) is 1.79. The van der Waals surface area contributed by atoms with Crippen LogP contribution in [-0.2, 0) is 0 Å². The largest absolute Gasteiger partial charge is 0.385 e. The summed E-state index contributed by atoms with van der Waals surface area (Å²) >= 11 is 0. The third-order valence-corrected chi connectivity index (χ3v) is 2.50. The normalized spacial score (nSPS) is 14.0. The van der Waals surface area contributed by atoms with E-state index in [0.29, 0.717) is 0 Å². The number of rotatable bonds is 2. The van der Waals surface area contributed by atoms with Gasteiger partial charge < -0.3 is 10.2 Å². The Labute approximate surface area is 85.2 Å². The van der Waals surface area contributed by atoms with E-state index in [1.807, 2.05) is 0 Å². The SMILES string of the molecule is CCNc1ccc2c(c1)C=CCN2C. The summed E-state index contributed by atoms with van der Waals surface area (Å²) in [5.41, 5.74) is 3.82. The number of hydrogen-bond donors (Lipinski definition) is 1. The molecule has 1 aliphatic heterocycles. The lowest BCUT2D eigenvalue weighted by atomic mass is 10.1. The Morgan fingerprint density at radius 1 is 1.43 bits per heavy atom. The van der Waals surface area contributed by atoms with Crippen LogP contribution in [0.3, 0.4) is 0 Å². The van der Waals surface area contributed by atoms with Gasteiger partial charge in [0.15, 0.2) is 0 Å². The number of anilines is 2. The molecule has 1 heterocycles. The van der Waals surface area contributed by atoms with E-state index in [4.69, 9.17) is 0 Å². The van der Waals surface area contributed by atoms with Crippen molar-refractivity contribution in [3.8, 4) is 0 Å². The fourth-order valence-corrected chi connectivity index (χ4v) is 1.79. The van der Waals surface area contributed by atoms with Gasteiger partial charge in [-0.3, -0.25) is 0 Å². The molecule has 2 heteroatoms. The predicted octanol–water partition coefficient (Wildman–Crippen LogP) is 2.58. The maximum atomic E-state index is 3.32. The van der Waals surface area contributed by atoms with Gasteiger partial charge in [-0.1, -0.05) is 12.2 Å². The van der Waals surface area contributed by atoms with Gasteiger partial charge in [0.25, 0.3) is 0 Å². The van der Waals surface area contributed by atoms with Crippen LogP contribution in [0.2, 0.25) is 0 Å². The zero-order valence-electron chi connectivity index (χ0n) is 8.75. The average molecular weight is 188 g/mol. The molecule has 0 amide bonds. The minimum absolute atomic E-state index is 0.971. The molecule has 1 N–H and O–H groups in total. The van der Waals surface area contributed by atoms with Crippen LogP contribution in [0.15, 0.2) is 24.3 Å². The Kier molecular flexibility index (Phi) is 2.44. The second-order valence-corrected chi connectivity index (χ2v) is 3.59. The molecule has 1 aromatic rings. The lowest BCUT2D eigenvalue weighted by Gasteiger charge is -2.24. The summed E-state index contributed by atoms with van der Waals surface area (Å²) in [4.78, 5) is 2.26. The molecule has 0 bridgehead atoms. The van der Waals surface area contributed by atoms with Gasteiger partial charge in [-0.05, 0) is 30.7 Å². The lowest BCUT2D eigenvalue weighted by molar-refractivity contribution is 1.02.